The van der Waals surface area contributed by atoms with E-state index in [2.05, 4.69) is 45.5 Å². The van der Waals surface area contributed by atoms with E-state index >= 15 is 0 Å². The molecule has 2 nitrogen and oxygen atoms in total. The lowest BCUT2D eigenvalue weighted by Gasteiger charge is -2.54. The minimum Gasteiger partial charge on any atom is -0.350 e. The highest BCUT2D eigenvalue weighted by Crippen LogP contribution is 2.49. The van der Waals surface area contributed by atoms with Crippen molar-refractivity contribution in [2.75, 3.05) is 0 Å². The molecule has 1 N–H and O–H groups in total. The molecule has 2 aliphatic rings. The predicted molar refractivity (Wildman–Crippen MR) is 61.6 cm³/mol. The summed E-state index contributed by atoms with van der Waals surface area (Å²) in [4.78, 5) is 10.9. The molecule has 1 aliphatic heterocycles. The largest absolute Gasteiger partial charge is 0.350 e. The first-order valence-electron chi connectivity index (χ1n) is 5.23. The number of carbonyl (C=O) groups excluding carboxylic acids is 1. The minimum atomic E-state index is 0.175. The van der Waals surface area contributed by atoms with E-state index in [-0.39, 0.29) is 11.4 Å². The SMILES string of the molecule is O=C1CC2(CC(c3ccc(Br)cc3)C2)N1. The van der Waals surface area contributed by atoms with Gasteiger partial charge in [0, 0.05) is 16.4 Å². The molecule has 0 unspecified atom stereocenters. The highest BCUT2D eigenvalue weighted by atomic mass is 79.9. The molecule has 3 heteroatoms. The third-order valence-electron chi connectivity index (χ3n) is 3.52. The summed E-state index contributed by atoms with van der Waals surface area (Å²) >= 11 is 3.43. The highest BCUT2D eigenvalue weighted by molar-refractivity contribution is 9.10. The summed E-state index contributed by atoms with van der Waals surface area (Å²) in [6, 6.07) is 8.50. The van der Waals surface area contributed by atoms with E-state index < -0.39 is 0 Å². The third kappa shape index (κ3) is 1.49. The highest BCUT2D eigenvalue weighted by Gasteiger charge is 2.52. The summed E-state index contributed by atoms with van der Waals surface area (Å²) in [6.07, 6.45) is 2.96. The van der Waals surface area contributed by atoms with E-state index in [1.54, 1.807) is 0 Å². The Morgan fingerprint density at radius 1 is 1.27 bits per heavy atom. The van der Waals surface area contributed by atoms with Crippen LogP contribution >= 0.6 is 15.9 Å². The van der Waals surface area contributed by atoms with Gasteiger partial charge < -0.3 is 5.32 Å². The van der Waals surface area contributed by atoms with E-state index in [0.717, 1.165) is 23.7 Å². The molecule has 78 valence electrons. The molecule has 1 aromatic rings. The molecule has 3 rings (SSSR count). The van der Waals surface area contributed by atoms with Crippen LogP contribution < -0.4 is 5.32 Å². The molecule has 0 bridgehead atoms. The zero-order valence-electron chi connectivity index (χ0n) is 8.29. The Morgan fingerprint density at radius 2 is 1.87 bits per heavy atom. The van der Waals surface area contributed by atoms with Crippen molar-refractivity contribution in [1.29, 1.82) is 0 Å². The molecule has 1 amide bonds. The molecule has 1 saturated carbocycles. The van der Waals surface area contributed by atoms with Crippen LogP contribution in [0.25, 0.3) is 0 Å². The van der Waals surface area contributed by atoms with Gasteiger partial charge in [-0.25, -0.2) is 0 Å². The van der Waals surface area contributed by atoms with Crippen molar-refractivity contribution in [2.24, 2.45) is 0 Å². The number of halogens is 1. The Morgan fingerprint density at radius 3 is 2.40 bits per heavy atom. The Bertz CT molecular complexity index is 396. The van der Waals surface area contributed by atoms with Crippen LogP contribution in [0.1, 0.15) is 30.7 Å². The molecule has 0 atom stereocenters. The van der Waals surface area contributed by atoms with Gasteiger partial charge in [0.2, 0.25) is 5.91 Å². The van der Waals surface area contributed by atoms with Gasteiger partial charge in [0.05, 0.1) is 0 Å². The molecule has 2 fully saturated rings. The van der Waals surface area contributed by atoms with Crippen LogP contribution in [0.5, 0.6) is 0 Å². The molecule has 1 aliphatic carbocycles. The summed E-state index contributed by atoms with van der Waals surface area (Å²) < 4.78 is 1.12. The maximum absolute atomic E-state index is 10.9. The summed E-state index contributed by atoms with van der Waals surface area (Å²) in [5.74, 6) is 0.850. The molecule has 1 saturated heterocycles. The number of hydrogen-bond acceptors (Lipinski definition) is 1. The average Bonchev–Trinajstić information content (AvgIpc) is 2.11. The Balaban J connectivity index is 1.67. The predicted octanol–water partition coefficient (Wildman–Crippen LogP) is 2.59. The summed E-state index contributed by atoms with van der Waals surface area (Å²) in [7, 11) is 0. The Kier molecular flexibility index (Phi) is 1.93. The van der Waals surface area contributed by atoms with Crippen molar-refractivity contribution in [1.82, 2.24) is 5.32 Å². The van der Waals surface area contributed by atoms with Crippen LogP contribution in [0.15, 0.2) is 28.7 Å². The molecule has 15 heavy (non-hydrogen) atoms. The standard InChI is InChI=1S/C12H12BrNO/c13-10-3-1-8(2-4-10)9-5-12(6-9)7-11(15)14-12/h1-4,9H,5-7H2,(H,14,15). The van der Waals surface area contributed by atoms with E-state index in [9.17, 15) is 4.79 Å². The summed E-state index contributed by atoms with van der Waals surface area (Å²) in [6.45, 7) is 0. The van der Waals surface area contributed by atoms with Gasteiger partial charge in [-0.2, -0.15) is 0 Å². The van der Waals surface area contributed by atoms with E-state index in [0.29, 0.717) is 5.92 Å². The van der Waals surface area contributed by atoms with Crippen molar-refractivity contribution in [3.05, 3.63) is 34.3 Å². The van der Waals surface area contributed by atoms with Gasteiger partial charge >= 0.3 is 0 Å². The van der Waals surface area contributed by atoms with Crippen LogP contribution in [-0.4, -0.2) is 11.4 Å². The monoisotopic (exact) mass is 265 g/mol. The van der Waals surface area contributed by atoms with Gasteiger partial charge in [-0.15, -0.1) is 0 Å². The number of benzene rings is 1. The van der Waals surface area contributed by atoms with Crippen molar-refractivity contribution in [2.45, 2.75) is 30.7 Å². The number of hydrogen-bond donors (Lipinski definition) is 1. The van der Waals surface area contributed by atoms with Crippen LogP contribution in [-0.2, 0) is 4.79 Å². The quantitative estimate of drug-likeness (QED) is 0.778. The van der Waals surface area contributed by atoms with Gasteiger partial charge in [-0.05, 0) is 36.5 Å². The number of carbonyl (C=O) groups is 1. The number of amides is 1. The normalized spacial score (nSPS) is 33.1. The number of β-lactam (4-membered cyclic amide) rings is 1. The fourth-order valence-electron chi connectivity index (χ4n) is 2.69. The first kappa shape index (κ1) is 9.40. The lowest BCUT2D eigenvalue weighted by molar-refractivity contribution is -0.137. The Hall–Kier alpha value is -0.830. The molecular formula is C12H12BrNO. The van der Waals surface area contributed by atoms with Crippen LogP contribution in [0.4, 0.5) is 0 Å². The lowest BCUT2D eigenvalue weighted by Crippen LogP contribution is -2.66. The van der Waals surface area contributed by atoms with Gasteiger partial charge in [0.1, 0.15) is 0 Å². The van der Waals surface area contributed by atoms with Gasteiger partial charge in [-0.3, -0.25) is 4.79 Å². The van der Waals surface area contributed by atoms with E-state index in [4.69, 9.17) is 0 Å². The number of rotatable bonds is 1. The lowest BCUT2D eigenvalue weighted by atomic mass is 9.61. The Labute approximate surface area is 97.2 Å². The second-order valence-electron chi connectivity index (χ2n) is 4.66. The van der Waals surface area contributed by atoms with E-state index in [1.165, 1.54) is 5.56 Å². The first-order valence-corrected chi connectivity index (χ1v) is 6.03. The molecular weight excluding hydrogens is 254 g/mol. The van der Waals surface area contributed by atoms with Crippen LogP contribution in [0.2, 0.25) is 0 Å². The van der Waals surface area contributed by atoms with Crippen molar-refractivity contribution in [3.63, 3.8) is 0 Å². The maximum atomic E-state index is 10.9. The van der Waals surface area contributed by atoms with Gasteiger partial charge in [0.25, 0.3) is 0 Å². The molecule has 1 heterocycles. The topological polar surface area (TPSA) is 29.1 Å². The summed E-state index contributed by atoms with van der Waals surface area (Å²) in [5, 5.41) is 3.02. The first-order chi connectivity index (χ1) is 7.17. The number of nitrogens with one attached hydrogen (secondary N) is 1. The molecule has 1 spiro atoms. The van der Waals surface area contributed by atoms with Crippen LogP contribution in [0, 0.1) is 0 Å². The van der Waals surface area contributed by atoms with Crippen LogP contribution in [0.3, 0.4) is 0 Å². The third-order valence-corrected chi connectivity index (χ3v) is 4.05. The second kappa shape index (κ2) is 3.08. The van der Waals surface area contributed by atoms with Crippen molar-refractivity contribution < 1.29 is 4.79 Å². The van der Waals surface area contributed by atoms with Gasteiger partial charge in [0.15, 0.2) is 0 Å². The second-order valence-corrected chi connectivity index (χ2v) is 5.58. The fraction of sp³-hybridized carbons (Fsp3) is 0.417. The molecule has 0 radical (unpaired) electrons. The smallest absolute Gasteiger partial charge is 0.222 e. The maximum Gasteiger partial charge on any atom is 0.222 e. The zero-order chi connectivity index (χ0) is 10.5. The zero-order valence-corrected chi connectivity index (χ0v) is 9.88. The summed E-state index contributed by atoms with van der Waals surface area (Å²) in [5.41, 5.74) is 1.57. The molecule has 1 aromatic carbocycles. The average molecular weight is 266 g/mol. The minimum absolute atomic E-state index is 0.175. The van der Waals surface area contributed by atoms with Crippen molar-refractivity contribution >= 4 is 21.8 Å². The van der Waals surface area contributed by atoms with E-state index in [1.807, 2.05) is 0 Å². The van der Waals surface area contributed by atoms with Gasteiger partial charge in [-0.1, -0.05) is 28.1 Å². The fourth-order valence-corrected chi connectivity index (χ4v) is 2.95. The molecule has 0 aromatic heterocycles. The van der Waals surface area contributed by atoms with Crippen molar-refractivity contribution in [3.8, 4) is 0 Å².